The van der Waals surface area contributed by atoms with Gasteiger partial charge in [0.1, 0.15) is 6.54 Å². The predicted molar refractivity (Wildman–Crippen MR) is 65.1 cm³/mol. The SMILES string of the molecule is NCCN(CC(F)(F)F)c1ccc(S(N)(=O)=O)cc1. The van der Waals surface area contributed by atoms with Crippen molar-refractivity contribution in [2.45, 2.75) is 11.1 Å². The van der Waals surface area contributed by atoms with Crippen LogP contribution in [0.2, 0.25) is 0 Å². The number of rotatable bonds is 5. The van der Waals surface area contributed by atoms with Gasteiger partial charge in [0.25, 0.3) is 0 Å². The van der Waals surface area contributed by atoms with Gasteiger partial charge in [-0.2, -0.15) is 13.2 Å². The Labute approximate surface area is 109 Å². The molecule has 9 heteroatoms. The molecular weight excluding hydrogens is 283 g/mol. The third-order valence-corrected chi connectivity index (χ3v) is 3.23. The number of halogens is 3. The summed E-state index contributed by atoms with van der Waals surface area (Å²) in [5, 5.41) is 4.90. The molecule has 0 atom stereocenters. The van der Waals surface area contributed by atoms with Gasteiger partial charge in [-0.1, -0.05) is 0 Å². The molecule has 1 aromatic rings. The van der Waals surface area contributed by atoms with Crippen molar-refractivity contribution in [3.8, 4) is 0 Å². The van der Waals surface area contributed by atoms with Crippen LogP contribution in [0, 0.1) is 0 Å². The highest BCUT2D eigenvalue weighted by Crippen LogP contribution is 2.22. The summed E-state index contributed by atoms with van der Waals surface area (Å²) in [6.07, 6.45) is -4.37. The Kier molecular flexibility index (Phi) is 4.77. The van der Waals surface area contributed by atoms with Gasteiger partial charge in [-0.05, 0) is 24.3 Å². The van der Waals surface area contributed by atoms with Crippen molar-refractivity contribution in [3.63, 3.8) is 0 Å². The van der Waals surface area contributed by atoms with Crippen LogP contribution in [0.3, 0.4) is 0 Å². The van der Waals surface area contributed by atoms with Crippen molar-refractivity contribution in [1.29, 1.82) is 0 Å². The smallest absolute Gasteiger partial charge is 0.361 e. The van der Waals surface area contributed by atoms with E-state index in [1.165, 1.54) is 12.1 Å². The van der Waals surface area contributed by atoms with Crippen LogP contribution in [0.4, 0.5) is 18.9 Å². The number of primary sulfonamides is 1. The zero-order chi connectivity index (χ0) is 14.7. The van der Waals surface area contributed by atoms with Crippen LogP contribution in [0.1, 0.15) is 0 Å². The van der Waals surface area contributed by atoms with Crippen LogP contribution in [0.15, 0.2) is 29.2 Å². The molecule has 108 valence electrons. The number of benzene rings is 1. The average Bonchev–Trinajstić information content (AvgIpc) is 2.26. The van der Waals surface area contributed by atoms with E-state index in [1.54, 1.807) is 0 Å². The highest BCUT2D eigenvalue weighted by atomic mass is 32.2. The molecule has 0 aromatic heterocycles. The van der Waals surface area contributed by atoms with E-state index in [2.05, 4.69) is 0 Å². The molecule has 0 bridgehead atoms. The number of anilines is 1. The second-order valence-corrected chi connectivity index (χ2v) is 5.43. The van der Waals surface area contributed by atoms with Crippen LogP contribution in [-0.2, 0) is 10.0 Å². The Balaban J connectivity index is 2.98. The highest BCUT2D eigenvalue weighted by molar-refractivity contribution is 7.89. The van der Waals surface area contributed by atoms with Gasteiger partial charge in [-0.3, -0.25) is 0 Å². The Morgan fingerprint density at radius 3 is 2.05 bits per heavy atom. The minimum absolute atomic E-state index is 0.00817. The fourth-order valence-electron chi connectivity index (χ4n) is 1.52. The summed E-state index contributed by atoms with van der Waals surface area (Å²) in [6.45, 7) is -1.10. The minimum Gasteiger partial charge on any atom is -0.361 e. The highest BCUT2D eigenvalue weighted by Gasteiger charge is 2.30. The van der Waals surface area contributed by atoms with Crippen LogP contribution in [0.25, 0.3) is 0 Å². The van der Waals surface area contributed by atoms with Crippen molar-refractivity contribution >= 4 is 15.7 Å². The summed E-state index contributed by atoms with van der Waals surface area (Å²) >= 11 is 0. The van der Waals surface area contributed by atoms with E-state index in [0.29, 0.717) is 0 Å². The van der Waals surface area contributed by atoms with Gasteiger partial charge in [0, 0.05) is 18.8 Å². The van der Waals surface area contributed by atoms with Crippen LogP contribution in [0.5, 0.6) is 0 Å². The van der Waals surface area contributed by atoms with Gasteiger partial charge in [0.05, 0.1) is 4.90 Å². The number of hydrogen-bond acceptors (Lipinski definition) is 4. The Morgan fingerprint density at radius 1 is 1.16 bits per heavy atom. The molecule has 0 radical (unpaired) electrons. The summed E-state index contributed by atoms with van der Waals surface area (Å²) in [5.74, 6) is 0. The fraction of sp³-hybridized carbons (Fsp3) is 0.400. The topological polar surface area (TPSA) is 89.4 Å². The van der Waals surface area contributed by atoms with E-state index in [-0.39, 0.29) is 23.7 Å². The largest absolute Gasteiger partial charge is 0.405 e. The summed E-state index contributed by atoms with van der Waals surface area (Å²) in [5.41, 5.74) is 5.49. The van der Waals surface area contributed by atoms with E-state index in [9.17, 15) is 21.6 Å². The first-order chi connectivity index (χ1) is 8.63. The summed E-state index contributed by atoms with van der Waals surface area (Å²) in [6, 6.07) is 4.84. The average molecular weight is 297 g/mol. The van der Waals surface area contributed by atoms with Gasteiger partial charge in [-0.15, -0.1) is 0 Å². The van der Waals surface area contributed by atoms with Gasteiger partial charge >= 0.3 is 6.18 Å². The maximum atomic E-state index is 12.4. The first-order valence-corrected chi connectivity index (χ1v) is 6.83. The number of nitrogens with zero attached hydrogens (tertiary/aromatic N) is 1. The Hall–Kier alpha value is -1.32. The quantitative estimate of drug-likeness (QED) is 0.835. The molecule has 0 fully saturated rings. The van der Waals surface area contributed by atoms with Crippen molar-refractivity contribution in [3.05, 3.63) is 24.3 Å². The minimum atomic E-state index is -4.37. The molecule has 0 aliphatic heterocycles. The molecule has 0 spiro atoms. The molecule has 0 aliphatic carbocycles. The monoisotopic (exact) mass is 297 g/mol. The third-order valence-electron chi connectivity index (χ3n) is 2.30. The predicted octanol–water partition coefficient (Wildman–Crippen LogP) is 0.661. The molecule has 5 nitrogen and oxygen atoms in total. The molecular formula is C10H14F3N3O2S. The number of alkyl halides is 3. The Morgan fingerprint density at radius 2 is 1.68 bits per heavy atom. The normalized spacial score (nSPS) is 12.5. The lowest BCUT2D eigenvalue weighted by Crippen LogP contribution is -2.37. The molecule has 0 saturated heterocycles. The first kappa shape index (κ1) is 15.7. The van der Waals surface area contributed by atoms with Crippen molar-refractivity contribution < 1.29 is 21.6 Å². The zero-order valence-corrected chi connectivity index (χ0v) is 10.7. The molecule has 1 aromatic carbocycles. The fourth-order valence-corrected chi connectivity index (χ4v) is 2.03. The lowest BCUT2D eigenvalue weighted by Gasteiger charge is -2.25. The van der Waals surface area contributed by atoms with Gasteiger partial charge in [0.15, 0.2) is 0 Å². The van der Waals surface area contributed by atoms with E-state index in [1.807, 2.05) is 0 Å². The maximum Gasteiger partial charge on any atom is 0.405 e. The van der Waals surface area contributed by atoms with Crippen LogP contribution in [-0.4, -0.2) is 34.2 Å². The summed E-state index contributed by atoms with van der Waals surface area (Å²) < 4.78 is 59.2. The number of nitrogens with two attached hydrogens (primary N) is 2. The van der Waals surface area contributed by atoms with E-state index in [0.717, 1.165) is 17.0 Å². The van der Waals surface area contributed by atoms with Gasteiger partial charge < -0.3 is 10.6 Å². The van der Waals surface area contributed by atoms with E-state index in [4.69, 9.17) is 10.9 Å². The number of sulfonamides is 1. The van der Waals surface area contributed by atoms with E-state index < -0.39 is 22.7 Å². The molecule has 0 amide bonds. The second-order valence-electron chi connectivity index (χ2n) is 3.86. The molecule has 0 heterocycles. The molecule has 0 aliphatic rings. The summed E-state index contributed by atoms with van der Waals surface area (Å²) in [7, 11) is -3.86. The molecule has 1 rings (SSSR count). The molecule has 0 unspecified atom stereocenters. The molecule has 19 heavy (non-hydrogen) atoms. The summed E-state index contributed by atoms with van der Waals surface area (Å²) in [4.78, 5) is 0.864. The third kappa shape index (κ3) is 5.05. The van der Waals surface area contributed by atoms with Crippen molar-refractivity contribution in [1.82, 2.24) is 0 Å². The lowest BCUT2D eigenvalue weighted by atomic mass is 10.3. The first-order valence-electron chi connectivity index (χ1n) is 5.28. The zero-order valence-electron chi connectivity index (χ0n) is 9.89. The molecule has 0 saturated carbocycles. The van der Waals surface area contributed by atoms with Gasteiger partial charge in [-0.25, -0.2) is 13.6 Å². The van der Waals surface area contributed by atoms with Crippen molar-refractivity contribution in [2.75, 3.05) is 24.5 Å². The number of hydrogen-bond donors (Lipinski definition) is 2. The van der Waals surface area contributed by atoms with Crippen molar-refractivity contribution in [2.24, 2.45) is 10.9 Å². The lowest BCUT2D eigenvalue weighted by molar-refractivity contribution is -0.119. The van der Waals surface area contributed by atoms with Crippen LogP contribution < -0.4 is 15.8 Å². The standard InChI is InChI=1S/C10H14F3N3O2S/c11-10(12,13)7-16(6-5-14)8-1-3-9(4-2-8)19(15,17)18/h1-4H,5-7,14H2,(H2,15,17,18). The molecule has 4 N–H and O–H groups in total. The Bertz CT molecular complexity index is 514. The maximum absolute atomic E-state index is 12.4. The second kappa shape index (κ2) is 5.76. The van der Waals surface area contributed by atoms with Crippen LogP contribution >= 0.6 is 0 Å². The van der Waals surface area contributed by atoms with E-state index >= 15 is 0 Å². The van der Waals surface area contributed by atoms with Gasteiger partial charge in [0.2, 0.25) is 10.0 Å².